The van der Waals surface area contributed by atoms with E-state index in [1.54, 1.807) is 0 Å². The number of para-hydroxylation sites is 2. The maximum atomic E-state index is 6.59. The molecule has 0 amide bonds. The molecular formula is C72H46N2O. The van der Waals surface area contributed by atoms with Gasteiger partial charge in [0.15, 0.2) is 0 Å². The summed E-state index contributed by atoms with van der Waals surface area (Å²) >= 11 is 0. The second kappa shape index (κ2) is 17.4. The maximum Gasteiger partial charge on any atom is 0.143 e. The van der Waals surface area contributed by atoms with Gasteiger partial charge in [-0.1, -0.05) is 194 Å². The Bertz CT molecular complexity index is 4620. The van der Waals surface area contributed by atoms with Crippen molar-refractivity contribution >= 4 is 93.1 Å². The van der Waals surface area contributed by atoms with Crippen molar-refractivity contribution in [3.8, 4) is 50.2 Å². The van der Waals surface area contributed by atoms with Gasteiger partial charge in [0.1, 0.15) is 11.2 Å². The van der Waals surface area contributed by atoms with Crippen LogP contribution in [0.1, 0.15) is 0 Å². The predicted octanol–water partition coefficient (Wildman–Crippen LogP) is 20.3. The van der Waals surface area contributed by atoms with Crippen LogP contribution in [0.2, 0.25) is 0 Å². The minimum atomic E-state index is 0.891. The van der Waals surface area contributed by atoms with Crippen LogP contribution in [0, 0.1) is 0 Å². The van der Waals surface area contributed by atoms with E-state index in [0.717, 1.165) is 77.9 Å². The summed E-state index contributed by atoms with van der Waals surface area (Å²) < 4.78 is 8.97. The molecule has 75 heavy (non-hydrogen) atoms. The molecule has 0 saturated carbocycles. The van der Waals surface area contributed by atoms with Crippen LogP contribution in [-0.2, 0) is 0 Å². The van der Waals surface area contributed by atoms with E-state index in [-0.39, 0.29) is 0 Å². The molecule has 0 aliphatic heterocycles. The molecule has 3 nitrogen and oxygen atoms in total. The maximum absolute atomic E-state index is 6.59. The monoisotopic (exact) mass is 954 g/mol. The van der Waals surface area contributed by atoms with Crippen molar-refractivity contribution in [3.05, 3.63) is 279 Å². The van der Waals surface area contributed by atoms with Crippen molar-refractivity contribution in [1.82, 2.24) is 4.57 Å². The van der Waals surface area contributed by atoms with Crippen molar-refractivity contribution in [1.29, 1.82) is 0 Å². The van der Waals surface area contributed by atoms with E-state index in [9.17, 15) is 0 Å². The topological polar surface area (TPSA) is 21.3 Å². The SMILES string of the molecule is c1cc(-c2ccc(N(c3ccc(-c4ccc(-c5ccc6c(ccc7ccccc76)c5)cc4)cc3)c3ccc(-c4ccc5c(c4)oc4c6ccccc6ccc54)cc3)cc2)cc(-n2c3ccccc3c3ccccc32)c1. The van der Waals surface area contributed by atoms with Crippen molar-refractivity contribution in [3.63, 3.8) is 0 Å². The van der Waals surface area contributed by atoms with E-state index in [2.05, 4.69) is 289 Å². The van der Waals surface area contributed by atoms with Gasteiger partial charge in [-0.25, -0.2) is 0 Å². The number of aromatic nitrogens is 1. The number of benzene rings is 13. The Labute approximate surface area is 434 Å². The van der Waals surface area contributed by atoms with Gasteiger partial charge in [0.05, 0.1) is 11.0 Å². The molecule has 2 aromatic heterocycles. The quantitative estimate of drug-likeness (QED) is 0.142. The van der Waals surface area contributed by atoms with E-state index in [4.69, 9.17) is 4.42 Å². The highest BCUT2D eigenvalue weighted by Gasteiger charge is 2.17. The Morgan fingerprint density at radius 2 is 0.667 bits per heavy atom. The predicted molar refractivity (Wildman–Crippen MR) is 317 cm³/mol. The summed E-state index contributed by atoms with van der Waals surface area (Å²) in [5, 5.41) is 12.2. The van der Waals surface area contributed by atoms with Crippen molar-refractivity contribution in [2.24, 2.45) is 0 Å². The van der Waals surface area contributed by atoms with Crippen LogP contribution in [0.15, 0.2) is 283 Å². The van der Waals surface area contributed by atoms with Gasteiger partial charge in [0, 0.05) is 49.7 Å². The molecule has 0 N–H and O–H groups in total. The van der Waals surface area contributed by atoms with E-state index >= 15 is 0 Å². The van der Waals surface area contributed by atoms with Gasteiger partial charge < -0.3 is 13.9 Å². The second-order valence-corrected chi connectivity index (χ2v) is 19.7. The largest absolute Gasteiger partial charge is 0.455 e. The number of furan rings is 1. The molecule has 2 heterocycles. The fourth-order valence-corrected chi connectivity index (χ4v) is 11.6. The Hall–Kier alpha value is -9.96. The van der Waals surface area contributed by atoms with Gasteiger partial charge in [-0.3, -0.25) is 0 Å². The van der Waals surface area contributed by atoms with Crippen LogP contribution in [0.4, 0.5) is 17.1 Å². The summed E-state index contributed by atoms with van der Waals surface area (Å²) in [7, 11) is 0. The molecule has 3 heteroatoms. The highest BCUT2D eigenvalue weighted by Crippen LogP contribution is 2.41. The highest BCUT2D eigenvalue weighted by atomic mass is 16.3. The van der Waals surface area contributed by atoms with Crippen LogP contribution in [0.3, 0.4) is 0 Å². The lowest BCUT2D eigenvalue weighted by atomic mass is 9.96. The highest BCUT2D eigenvalue weighted by molar-refractivity contribution is 6.15. The Balaban J connectivity index is 0.766. The fraction of sp³-hybridized carbons (Fsp3) is 0. The van der Waals surface area contributed by atoms with Crippen LogP contribution in [0.25, 0.3) is 126 Å². The van der Waals surface area contributed by atoms with Crippen LogP contribution >= 0.6 is 0 Å². The summed E-state index contributed by atoms with van der Waals surface area (Å²) in [5.41, 5.74) is 17.9. The third-order valence-electron chi connectivity index (χ3n) is 15.4. The summed E-state index contributed by atoms with van der Waals surface area (Å²) in [6.45, 7) is 0. The van der Waals surface area contributed by atoms with Crippen LogP contribution < -0.4 is 4.90 Å². The lowest BCUT2D eigenvalue weighted by Crippen LogP contribution is -2.09. The second-order valence-electron chi connectivity index (χ2n) is 19.7. The standard InChI is InChI=1S/C72H46N2O/c1-3-14-62-52(10-1)24-25-57-44-55(33-41-63(57)62)49-22-20-47(21-23-49)48-26-35-58(36-27-48)73(60-39-30-51(31-40-60)56-34-42-67-68-43-32-53-11-2-4-15-64(53)72(68)75-71(67)46-56)59-37-28-50(29-38-59)54-12-9-13-61(45-54)74-69-18-7-5-16-65(69)66-17-6-8-19-70(66)74/h1-46H. The Morgan fingerprint density at radius 1 is 0.253 bits per heavy atom. The van der Waals surface area contributed by atoms with E-state index in [0.29, 0.717) is 0 Å². The van der Waals surface area contributed by atoms with Gasteiger partial charge in [0.25, 0.3) is 0 Å². The van der Waals surface area contributed by atoms with Gasteiger partial charge in [-0.2, -0.15) is 0 Å². The number of rotatable bonds is 8. The van der Waals surface area contributed by atoms with Crippen molar-refractivity contribution in [2.75, 3.05) is 4.90 Å². The molecule has 0 aliphatic rings. The third kappa shape index (κ3) is 7.28. The average molecular weight is 955 g/mol. The number of fused-ring (bicyclic) bond motifs is 11. The smallest absolute Gasteiger partial charge is 0.143 e. The molecule has 0 spiro atoms. The first-order chi connectivity index (χ1) is 37.1. The van der Waals surface area contributed by atoms with E-state index in [1.807, 2.05) is 0 Å². The summed E-state index contributed by atoms with van der Waals surface area (Å²) in [4.78, 5) is 2.35. The first-order valence-electron chi connectivity index (χ1n) is 25.7. The fourth-order valence-electron chi connectivity index (χ4n) is 11.6. The van der Waals surface area contributed by atoms with Crippen LogP contribution in [-0.4, -0.2) is 4.57 Å². The molecule has 15 aromatic rings. The molecule has 350 valence electrons. The molecule has 0 atom stereocenters. The molecule has 0 bridgehead atoms. The zero-order chi connectivity index (χ0) is 49.4. The molecule has 0 saturated heterocycles. The first-order valence-corrected chi connectivity index (χ1v) is 25.7. The van der Waals surface area contributed by atoms with Gasteiger partial charge in [-0.05, 0) is 156 Å². The number of nitrogens with zero attached hydrogens (tertiary/aromatic N) is 2. The third-order valence-corrected chi connectivity index (χ3v) is 15.4. The molecule has 0 fully saturated rings. The first kappa shape index (κ1) is 42.7. The lowest BCUT2D eigenvalue weighted by Gasteiger charge is -2.26. The van der Waals surface area contributed by atoms with E-state index in [1.165, 1.54) is 65.4 Å². The number of hydrogen-bond acceptors (Lipinski definition) is 2. The minimum Gasteiger partial charge on any atom is -0.455 e. The molecule has 13 aromatic carbocycles. The Kier molecular flexibility index (Phi) is 9.89. The molecule has 0 aliphatic carbocycles. The number of anilines is 3. The average Bonchev–Trinajstić information content (AvgIpc) is 4.06. The van der Waals surface area contributed by atoms with Crippen molar-refractivity contribution in [2.45, 2.75) is 0 Å². The normalized spacial score (nSPS) is 11.7. The lowest BCUT2D eigenvalue weighted by molar-refractivity contribution is 0.673. The van der Waals surface area contributed by atoms with E-state index < -0.39 is 0 Å². The summed E-state index contributed by atoms with van der Waals surface area (Å²) in [5.74, 6) is 0. The number of hydrogen-bond donors (Lipinski definition) is 0. The molecular weight excluding hydrogens is 909 g/mol. The molecule has 0 radical (unpaired) electrons. The van der Waals surface area contributed by atoms with Crippen molar-refractivity contribution < 1.29 is 4.42 Å². The zero-order valence-electron chi connectivity index (χ0n) is 40.9. The molecule has 0 unspecified atom stereocenters. The summed E-state index contributed by atoms with van der Waals surface area (Å²) in [6.07, 6.45) is 0. The van der Waals surface area contributed by atoms with Gasteiger partial charge >= 0.3 is 0 Å². The Morgan fingerprint density at radius 3 is 1.28 bits per heavy atom. The zero-order valence-corrected chi connectivity index (χ0v) is 40.9. The van der Waals surface area contributed by atoms with Gasteiger partial charge in [-0.15, -0.1) is 0 Å². The summed E-state index contributed by atoms with van der Waals surface area (Å²) in [6, 6.07) is 101. The molecule has 15 rings (SSSR count). The minimum absolute atomic E-state index is 0.891. The van der Waals surface area contributed by atoms with Crippen LogP contribution in [0.5, 0.6) is 0 Å². The van der Waals surface area contributed by atoms with Gasteiger partial charge in [0.2, 0.25) is 0 Å².